The lowest BCUT2D eigenvalue weighted by Gasteiger charge is -2.27. The van der Waals surface area contributed by atoms with Crippen LogP contribution in [0.4, 0.5) is 10.2 Å². The van der Waals surface area contributed by atoms with Crippen molar-refractivity contribution in [3.63, 3.8) is 0 Å². The summed E-state index contributed by atoms with van der Waals surface area (Å²) in [6.45, 7) is 3.31. The zero-order valence-electron chi connectivity index (χ0n) is 17.6. The summed E-state index contributed by atoms with van der Waals surface area (Å²) in [4.78, 5) is 10.8. The number of anilines is 1. The minimum Gasteiger partial charge on any atom is -0.387 e. The minimum absolute atomic E-state index is 0.209. The maximum absolute atomic E-state index is 13.2. The van der Waals surface area contributed by atoms with Crippen LogP contribution in [0.1, 0.15) is 30.4 Å². The summed E-state index contributed by atoms with van der Waals surface area (Å²) in [6.07, 6.45) is 8.63. The van der Waals surface area contributed by atoms with Crippen molar-refractivity contribution < 1.29 is 4.39 Å². The lowest BCUT2D eigenvalue weighted by atomic mass is 10.0. The second-order valence-corrected chi connectivity index (χ2v) is 7.68. The number of allylic oxidation sites excluding steroid dienone is 2. The Morgan fingerprint density at radius 2 is 1.61 bits per heavy atom. The summed E-state index contributed by atoms with van der Waals surface area (Å²) >= 11 is 0. The highest BCUT2D eigenvalue weighted by Crippen LogP contribution is 2.23. The number of aromatic nitrogens is 2. The van der Waals surface area contributed by atoms with Crippen molar-refractivity contribution in [2.24, 2.45) is 0 Å². The Morgan fingerprint density at radius 3 is 2.32 bits per heavy atom. The van der Waals surface area contributed by atoms with Crippen LogP contribution in [-0.2, 0) is 13.1 Å². The van der Waals surface area contributed by atoms with Crippen molar-refractivity contribution in [3.05, 3.63) is 102 Å². The SMILES string of the molecule is Fc1ccc(CN(CCCNC2=C(NCc3ccncc3)CC2)c2ccccn2)cc1. The van der Waals surface area contributed by atoms with Crippen LogP contribution in [0.5, 0.6) is 0 Å². The van der Waals surface area contributed by atoms with Gasteiger partial charge in [-0.25, -0.2) is 9.37 Å². The van der Waals surface area contributed by atoms with Crippen LogP contribution in [0.2, 0.25) is 0 Å². The number of halogens is 1. The van der Waals surface area contributed by atoms with E-state index in [1.165, 1.54) is 29.1 Å². The summed E-state index contributed by atoms with van der Waals surface area (Å²) in [5, 5.41) is 7.13. The molecule has 2 heterocycles. The molecule has 0 saturated carbocycles. The van der Waals surface area contributed by atoms with Gasteiger partial charge in [0, 0.05) is 56.2 Å². The smallest absolute Gasteiger partial charge is 0.128 e. The Balaban J connectivity index is 1.28. The predicted molar refractivity (Wildman–Crippen MR) is 122 cm³/mol. The van der Waals surface area contributed by atoms with Gasteiger partial charge in [0.2, 0.25) is 0 Å². The number of nitrogens with zero attached hydrogens (tertiary/aromatic N) is 3. The molecule has 2 N–H and O–H groups in total. The monoisotopic (exact) mass is 417 g/mol. The molecule has 31 heavy (non-hydrogen) atoms. The van der Waals surface area contributed by atoms with Gasteiger partial charge >= 0.3 is 0 Å². The lowest BCUT2D eigenvalue weighted by Crippen LogP contribution is -2.31. The molecule has 2 aromatic heterocycles. The second-order valence-electron chi connectivity index (χ2n) is 7.68. The highest BCUT2D eigenvalue weighted by Gasteiger charge is 2.16. The molecule has 0 amide bonds. The molecule has 1 aromatic carbocycles. The van der Waals surface area contributed by atoms with E-state index in [1.54, 1.807) is 0 Å². The van der Waals surface area contributed by atoms with Crippen molar-refractivity contribution in [3.8, 4) is 0 Å². The van der Waals surface area contributed by atoms with Crippen LogP contribution in [-0.4, -0.2) is 23.1 Å². The third kappa shape index (κ3) is 6.04. The van der Waals surface area contributed by atoms with Crippen molar-refractivity contribution in [2.75, 3.05) is 18.0 Å². The first-order chi connectivity index (χ1) is 15.3. The fourth-order valence-corrected chi connectivity index (χ4v) is 3.61. The highest BCUT2D eigenvalue weighted by atomic mass is 19.1. The van der Waals surface area contributed by atoms with Gasteiger partial charge in [0.25, 0.3) is 0 Å². The van der Waals surface area contributed by atoms with Gasteiger partial charge in [0.1, 0.15) is 11.6 Å². The molecular weight excluding hydrogens is 389 g/mol. The fraction of sp³-hybridized carbons (Fsp3) is 0.280. The van der Waals surface area contributed by atoms with E-state index in [4.69, 9.17) is 0 Å². The van der Waals surface area contributed by atoms with Crippen LogP contribution < -0.4 is 15.5 Å². The average molecular weight is 418 g/mol. The Kier molecular flexibility index (Phi) is 7.11. The van der Waals surface area contributed by atoms with Gasteiger partial charge in [0.05, 0.1) is 0 Å². The van der Waals surface area contributed by atoms with Crippen molar-refractivity contribution in [1.82, 2.24) is 20.6 Å². The van der Waals surface area contributed by atoms with Crippen LogP contribution in [0, 0.1) is 5.82 Å². The third-order valence-corrected chi connectivity index (χ3v) is 5.45. The van der Waals surface area contributed by atoms with Gasteiger partial charge in [-0.1, -0.05) is 18.2 Å². The minimum atomic E-state index is -0.209. The zero-order chi connectivity index (χ0) is 21.3. The molecule has 6 heteroatoms. The Morgan fingerprint density at radius 1 is 0.839 bits per heavy atom. The lowest BCUT2D eigenvalue weighted by molar-refractivity contribution is 0.581. The first kappa shape index (κ1) is 20.8. The molecule has 0 radical (unpaired) electrons. The van der Waals surface area contributed by atoms with E-state index in [9.17, 15) is 4.39 Å². The fourth-order valence-electron chi connectivity index (χ4n) is 3.61. The van der Waals surface area contributed by atoms with Crippen LogP contribution in [0.25, 0.3) is 0 Å². The standard InChI is InChI=1S/C25H28FN5/c26-22-7-5-21(6-8-22)19-31(25-4-1-2-13-29-25)17-3-14-28-23-9-10-24(23)30-18-20-11-15-27-16-12-20/h1-2,4-8,11-13,15-16,28,30H,3,9-10,14,17-19H2. The first-order valence-electron chi connectivity index (χ1n) is 10.8. The number of benzene rings is 1. The molecule has 0 spiro atoms. The van der Waals surface area contributed by atoms with E-state index >= 15 is 0 Å². The normalized spacial score (nSPS) is 12.9. The van der Waals surface area contributed by atoms with E-state index in [2.05, 4.69) is 25.5 Å². The molecule has 0 bridgehead atoms. The van der Waals surface area contributed by atoms with Crippen LogP contribution in [0.15, 0.2) is 84.6 Å². The highest BCUT2D eigenvalue weighted by molar-refractivity contribution is 5.39. The summed E-state index contributed by atoms with van der Waals surface area (Å²) < 4.78 is 13.2. The Hall–Kier alpha value is -3.41. The van der Waals surface area contributed by atoms with Gasteiger partial charge in [-0.15, -0.1) is 0 Å². The molecule has 3 aromatic rings. The molecule has 5 nitrogen and oxygen atoms in total. The maximum Gasteiger partial charge on any atom is 0.128 e. The van der Waals surface area contributed by atoms with E-state index in [0.717, 1.165) is 50.3 Å². The number of nitrogens with one attached hydrogen (secondary N) is 2. The topological polar surface area (TPSA) is 53.1 Å². The van der Waals surface area contributed by atoms with Crippen molar-refractivity contribution in [2.45, 2.75) is 32.4 Å². The van der Waals surface area contributed by atoms with Gasteiger partial charge in [0.15, 0.2) is 0 Å². The van der Waals surface area contributed by atoms with Crippen molar-refractivity contribution >= 4 is 5.82 Å². The average Bonchev–Trinajstić information content (AvgIpc) is 2.80. The maximum atomic E-state index is 13.2. The van der Waals surface area contributed by atoms with Gasteiger partial charge in [-0.3, -0.25) is 4.98 Å². The van der Waals surface area contributed by atoms with Gasteiger partial charge < -0.3 is 15.5 Å². The van der Waals surface area contributed by atoms with Crippen LogP contribution in [0.3, 0.4) is 0 Å². The summed E-state index contributed by atoms with van der Waals surface area (Å²) in [7, 11) is 0. The number of pyridine rings is 2. The molecular formula is C25H28FN5. The largest absolute Gasteiger partial charge is 0.387 e. The predicted octanol–water partition coefficient (Wildman–Crippen LogP) is 4.40. The zero-order valence-corrected chi connectivity index (χ0v) is 17.6. The molecule has 0 aliphatic heterocycles. The Labute approximate surface area is 183 Å². The van der Waals surface area contributed by atoms with E-state index < -0.39 is 0 Å². The summed E-state index contributed by atoms with van der Waals surface area (Å²) in [6, 6.07) is 16.7. The second kappa shape index (κ2) is 10.6. The van der Waals surface area contributed by atoms with Crippen molar-refractivity contribution in [1.29, 1.82) is 0 Å². The molecule has 1 aliphatic carbocycles. The molecule has 0 fully saturated rings. The Bertz CT molecular complexity index is 974. The molecule has 160 valence electrons. The first-order valence-corrected chi connectivity index (χ1v) is 10.8. The molecule has 4 rings (SSSR count). The van der Waals surface area contributed by atoms with E-state index in [-0.39, 0.29) is 5.82 Å². The van der Waals surface area contributed by atoms with E-state index in [0.29, 0.717) is 6.54 Å². The van der Waals surface area contributed by atoms with Gasteiger partial charge in [-0.2, -0.15) is 0 Å². The quantitative estimate of drug-likeness (QED) is 0.453. The molecule has 1 aliphatic rings. The number of hydrogen-bond acceptors (Lipinski definition) is 5. The summed E-state index contributed by atoms with van der Waals surface area (Å²) in [5.41, 5.74) is 4.94. The van der Waals surface area contributed by atoms with Crippen LogP contribution >= 0.6 is 0 Å². The molecule has 0 atom stereocenters. The molecule has 0 saturated heterocycles. The van der Waals surface area contributed by atoms with E-state index in [1.807, 2.05) is 61.1 Å². The molecule has 0 unspecified atom stereocenters. The third-order valence-electron chi connectivity index (χ3n) is 5.45. The number of hydrogen-bond donors (Lipinski definition) is 2. The summed E-state index contributed by atoms with van der Waals surface area (Å²) in [5.74, 6) is 0.730. The van der Waals surface area contributed by atoms with Gasteiger partial charge in [-0.05, 0) is 66.8 Å². The number of rotatable bonds is 11.